The lowest BCUT2D eigenvalue weighted by Gasteiger charge is -2.09. The summed E-state index contributed by atoms with van der Waals surface area (Å²) in [4.78, 5) is 4.27. The number of hydrogen-bond acceptors (Lipinski definition) is 3. The van der Waals surface area contributed by atoms with Crippen LogP contribution in [-0.4, -0.2) is 26.1 Å². The highest BCUT2D eigenvalue weighted by Crippen LogP contribution is 2.15. The fourth-order valence-corrected chi connectivity index (χ4v) is 1.33. The third kappa shape index (κ3) is 1.70. The molecule has 1 aromatic carbocycles. The molecule has 3 heteroatoms. The van der Waals surface area contributed by atoms with Gasteiger partial charge in [0.25, 0.3) is 0 Å². The monoisotopic (exact) mass is 176 g/mol. The molecular weight excluding hydrogens is 164 g/mol. The zero-order valence-electron chi connectivity index (χ0n) is 7.53. The Labute approximate surface area is 77.4 Å². The minimum Gasteiger partial charge on any atom is -0.380 e. The van der Waals surface area contributed by atoms with Gasteiger partial charge in [0.05, 0.1) is 6.54 Å². The summed E-state index contributed by atoms with van der Waals surface area (Å²) in [6, 6.07) is 8.08. The van der Waals surface area contributed by atoms with Crippen LogP contribution < -0.4 is 5.32 Å². The van der Waals surface area contributed by atoms with E-state index in [0.29, 0.717) is 0 Å². The van der Waals surface area contributed by atoms with Crippen LogP contribution in [0.5, 0.6) is 0 Å². The normalized spacial score (nSPS) is 20.2. The van der Waals surface area contributed by atoms with Gasteiger partial charge < -0.3 is 10.1 Å². The fourth-order valence-electron chi connectivity index (χ4n) is 1.33. The summed E-state index contributed by atoms with van der Waals surface area (Å²) in [6.07, 6.45) is 1.77. The maximum absolute atomic E-state index is 5.14. The van der Waals surface area contributed by atoms with Crippen molar-refractivity contribution < 1.29 is 4.74 Å². The van der Waals surface area contributed by atoms with Gasteiger partial charge in [0.15, 0.2) is 6.23 Å². The second-order valence-corrected chi connectivity index (χ2v) is 2.94. The van der Waals surface area contributed by atoms with Gasteiger partial charge in [-0.1, -0.05) is 18.2 Å². The molecule has 68 valence electrons. The van der Waals surface area contributed by atoms with Crippen LogP contribution in [-0.2, 0) is 4.74 Å². The Balaban J connectivity index is 2.28. The first-order chi connectivity index (χ1) is 6.40. The molecule has 0 amide bonds. The average molecular weight is 176 g/mol. The lowest BCUT2D eigenvalue weighted by Crippen LogP contribution is -2.18. The molecule has 1 aromatic rings. The predicted molar refractivity (Wildman–Crippen MR) is 53.3 cm³/mol. The van der Waals surface area contributed by atoms with Crippen LogP contribution in [0.25, 0.3) is 0 Å². The lowest BCUT2D eigenvalue weighted by molar-refractivity contribution is 0.122. The van der Waals surface area contributed by atoms with Gasteiger partial charge in [-0.05, 0) is 6.07 Å². The molecular formula is C10H12N2O. The van der Waals surface area contributed by atoms with E-state index in [2.05, 4.69) is 10.3 Å². The first-order valence-corrected chi connectivity index (χ1v) is 4.29. The second kappa shape index (κ2) is 3.58. The summed E-state index contributed by atoms with van der Waals surface area (Å²) in [5.41, 5.74) is 2.23. The van der Waals surface area contributed by atoms with Gasteiger partial charge in [0, 0.05) is 24.6 Å². The van der Waals surface area contributed by atoms with E-state index in [-0.39, 0.29) is 6.23 Å². The Kier molecular flexibility index (Phi) is 2.27. The maximum atomic E-state index is 5.14. The molecule has 1 aliphatic rings. The minimum atomic E-state index is -0.0765. The van der Waals surface area contributed by atoms with Gasteiger partial charge in [0.1, 0.15) is 0 Å². The molecule has 0 radical (unpaired) electrons. The molecule has 1 atom stereocenters. The summed E-state index contributed by atoms with van der Waals surface area (Å²) < 4.78 is 5.14. The topological polar surface area (TPSA) is 33.6 Å². The lowest BCUT2D eigenvalue weighted by atomic mass is 10.2. The Morgan fingerprint density at radius 2 is 2.31 bits per heavy atom. The van der Waals surface area contributed by atoms with E-state index >= 15 is 0 Å². The number of para-hydroxylation sites is 1. The highest BCUT2D eigenvalue weighted by Gasteiger charge is 2.09. The van der Waals surface area contributed by atoms with Crippen molar-refractivity contribution in [2.24, 2.45) is 4.99 Å². The van der Waals surface area contributed by atoms with Crippen molar-refractivity contribution in [1.82, 2.24) is 0 Å². The van der Waals surface area contributed by atoms with Crippen LogP contribution in [0, 0.1) is 0 Å². The molecule has 1 unspecified atom stereocenters. The number of ether oxygens (including phenoxy) is 1. The third-order valence-electron chi connectivity index (χ3n) is 2.08. The molecule has 0 saturated carbocycles. The minimum absolute atomic E-state index is 0.0765. The van der Waals surface area contributed by atoms with E-state index in [4.69, 9.17) is 4.74 Å². The van der Waals surface area contributed by atoms with E-state index in [1.165, 1.54) is 0 Å². The van der Waals surface area contributed by atoms with E-state index in [1.807, 2.05) is 30.5 Å². The Morgan fingerprint density at radius 1 is 1.46 bits per heavy atom. The molecule has 1 aliphatic heterocycles. The number of aliphatic imine (C=N–C) groups is 1. The van der Waals surface area contributed by atoms with Crippen LogP contribution in [0.4, 0.5) is 5.69 Å². The third-order valence-corrected chi connectivity index (χ3v) is 2.08. The standard InChI is InChI=1S/C10H12N2O/c1-13-10-7-11-9-5-3-2-4-8(9)6-12-10/h2-6,10-11H,7H2,1H3. The number of fused-ring (bicyclic) bond motifs is 1. The van der Waals surface area contributed by atoms with Gasteiger partial charge in [-0.3, -0.25) is 4.99 Å². The van der Waals surface area contributed by atoms with Crippen LogP contribution in [0.2, 0.25) is 0 Å². The van der Waals surface area contributed by atoms with Gasteiger partial charge in [-0.15, -0.1) is 0 Å². The van der Waals surface area contributed by atoms with Gasteiger partial charge in [0.2, 0.25) is 0 Å². The molecule has 0 aromatic heterocycles. The molecule has 1 N–H and O–H groups in total. The zero-order valence-corrected chi connectivity index (χ0v) is 7.53. The van der Waals surface area contributed by atoms with Gasteiger partial charge in [-0.2, -0.15) is 0 Å². The zero-order chi connectivity index (χ0) is 9.10. The van der Waals surface area contributed by atoms with Crippen molar-refractivity contribution in [2.75, 3.05) is 19.0 Å². The number of hydrogen-bond donors (Lipinski definition) is 1. The molecule has 0 saturated heterocycles. The maximum Gasteiger partial charge on any atom is 0.164 e. The fraction of sp³-hybridized carbons (Fsp3) is 0.300. The number of benzodiazepines with no additional fused rings is 1. The van der Waals surface area contributed by atoms with Crippen molar-refractivity contribution in [3.05, 3.63) is 29.8 Å². The number of nitrogens with one attached hydrogen (secondary N) is 1. The molecule has 0 fully saturated rings. The highest BCUT2D eigenvalue weighted by molar-refractivity contribution is 5.88. The number of benzene rings is 1. The average Bonchev–Trinajstić information content (AvgIpc) is 2.39. The molecule has 2 rings (SSSR count). The van der Waals surface area contributed by atoms with Gasteiger partial charge >= 0.3 is 0 Å². The molecule has 0 spiro atoms. The first kappa shape index (κ1) is 8.26. The van der Waals surface area contributed by atoms with E-state index in [9.17, 15) is 0 Å². The van der Waals surface area contributed by atoms with Crippen molar-refractivity contribution in [3.63, 3.8) is 0 Å². The number of rotatable bonds is 1. The Bertz CT molecular complexity index is 322. The molecule has 0 bridgehead atoms. The molecule has 3 nitrogen and oxygen atoms in total. The Hall–Kier alpha value is -1.35. The molecule has 1 heterocycles. The van der Waals surface area contributed by atoms with Crippen molar-refractivity contribution in [1.29, 1.82) is 0 Å². The quantitative estimate of drug-likeness (QED) is 0.703. The number of methoxy groups -OCH3 is 1. The summed E-state index contributed by atoms with van der Waals surface area (Å²) in [6.45, 7) is 0.726. The smallest absolute Gasteiger partial charge is 0.164 e. The second-order valence-electron chi connectivity index (χ2n) is 2.94. The summed E-state index contributed by atoms with van der Waals surface area (Å²) >= 11 is 0. The number of anilines is 1. The SMILES string of the molecule is COC1CNc2ccccc2C=N1. The molecule has 13 heavy (non-hydrogen) atoms. The predicted octanol–water partition coefficient (Wildman–Crippen LogP) is 1.50. The Morgan fingerprint density at radius 3 is 3.15 bits per heavy atom. The summed E-state index contributed by atoms with van der Waals surface area (Å²) in [5.74, 6) is 0. The van der Waals surface area contributed by atoms with Crippen molar-refractivity contribution in [2.45, 2.75) is 6.23 Å². The van der Waals surface area contributed by atoms with Crippen LogP contribution in [0.1, 0.15) is 5.56 Å². The largest absolute Gasteiger partial charge is 0.380 e. The van der Waals surface area contributed by atoms with Crippen molar-refractivity contribution >= 4 is 11.9 Å². The van der Waals surface area contributed by atoms with Crippen LogP contribution >= 0.6 is 0 Å². The molecule has 0 aliphatic carbocycles. The van der Waals surface area contributed by atoms with Crippen molar-refractivity contribution in [3.8, 4) is 0 Å². The van der Waals surface area contributed by atoms with Crippen LogP contribution in [0.3, 0.4) is 0 Å². The van der Waals surface area contributed by atoms with Gasteiger partial charge in [-0.25, -0.2) is 0 Å². The number of nitrogens with zero attached hydrogens (tertiary/aromatic N) is 1. The highest BCUT2D eigenvalue weighted by atomic mass is 16.5. The van der Waals surface area contributed by atoms with E-state index in [0.717, 1.165) is 17.8 Å². The van der Waals surface area contributed by atoms with Crippen LogP contribution in [0.15, 0.2) is 29.3 Å². The summed E-state index contributed by atoms with van der Waals surface area (Å²) in [5, 5.41) is 3.28. The summed E-state index contributed by atoms with van der Waals surface area (Å²) in [7, 11) is 1.67. The first-order valence-electron chi connectivity index (χ1n) is 4.29. The van der Waals surface area contributed by atoms with E-state index < -0.39 is 0 Å². The van der Waals surface area contributed by atoms with E-state index in [1.54, 1.807) is 7.11 Å².